The first-order valence-electron chi connectivity index (χ1n) is 9.73. The molecule has 0 unspecified atom stereocenters. The van der Waals surface area contributed by atoms with E-state index in [4.69, 9.17) is 11.5 Å². The van der Waals surface area contributed by atoms with Gasteiger partial charge in [-0.25, -0.2) is 0 Å². The van der Waals surface area contributed by atoms with Crippen LogP contribution in [0.2, 0.25) is 0 Å². The van der Waals surface area contributed by atoms with Crippen molar-refractivity contribution in [1.29, 1.82) is 0 Å². The van der Waals surface area contributed by atoms with E-state index in [0.717, 1.165) is 29.5 Å². The van der Waals surface area contributed by atoms with E-state index in [9.17, 15) is 10.2 Å². The minimum atomic E-state index is -0.121. The molecule has 3 rings (SSSR count). The smallest absolute Gasteiger partial charge is 0.157 e. The van der Waals surface area contributed by atoms with E-state index in [1.54, 1.807) is 12.1 Å². The lowest BCUT2D eigenvalue weighted by Gasteiger charge is -2.06. The van der Waals surface area contributed by atoms with Gasteiger partial charge in [0.2, 0.25) is 0 Å². The standard InChI is InChI=1S/C24H27N3O2/c25-16-20-5-3-17(4-6-20)1-2-18-7-10-21(11-8-18)24(26)27-14-13-19-9-12-22(28)23(29)15-19/h3-12,15,28-29H,1-2,13-14,16,25H2,(H2,26,27). The van der Waals surface area contributed by atoms with Crippen LogP contribution in [0.1, 0.15) is 27.8 Å². The van der Waals surface area contributed by atoms with Gasteiger partial charge in [0.1, 0.15) is 5.84 Å². The van der Waals surface area contributed by atoms with Crippen molar-refractivity contribution in [2.24, 2.45) is 16.5 Å². The number of hydrogen-bond donors (Lipinski definition) is 4. The second kappa shape index (κ2) is 9.75. The van der Waals surface area contributed by atoms with Crippen molar-refractivity contribution in [3.8, 4) is 11.5 Å². The third kappa shape index (κ3) is 5.83. The van der Waals surface area contributed by atoms with Gasteiger partial charge < -0.3 is 21.7 Å². The summed E-state index contributed by atoms with van der Waals surface area (Å²) >= 11 is 0. The zero-order valence-electron chi connectivity index (χ0n) is 16.4. The summed E-state index contributed by atoms with van der Waals surface area (Å²) in [5.41, 5.74) is 17.2. The molecule has 0 amide bonds. The van der Waals surface area contributed by atoms with Crippen LogP contribution in [0.25, 0.3) is 0 Å². The molecule has 29 heavy (non-hydrogen) atoms. The number of hydrogen-bond acceptors (Lipinski definition) is 4. The fourth-order valence-corrected chi connectivity index (χ4v) is 3.09. The van der Waals surface area contributed by atoms with Crippen molar-refractivity contribution in [2.45, 2.75) is 25.8 Å². The predicted molar refractivity (Wildman–Crippen MR) is 117 cm³/mol. The number of phenols is 2. The first-order chi connectivity index (χ1) is 14.0. The van der Waals surface area contributed by atoms with E-state index in [-0.39, 0.29) is 11.5 Å². The Morgan fingerprint density at radius 1 is 0.690 bits per heavy atom. The summed E-state index contributed by atoms with van der Waals surface area (Å²) in [6, 6.07) is 21.4. The number of aromatic hydroxyl groups is 2. The number of amidine groups is 1. The number of phenolic OH excluding ortho intramolecular Hbond substituents is 2. The van der Waals surface area contributed by atoms with Crippen LogP contribution < -0.4 is 11.5 Å². The Morgan fingerprint density at radius 2 is 1.24 bits per heavy atom. The molecular formula is C24H27N3O2. The molecule has 0 atom stereocenters. The Balaban J connectivity index is 1.52. The van der Waals surface area contributed by atoms with Crippen molar-refractivity contribution in [2.75, 3.05) is 6.54 Å². The molecule has 6 N–H and O–H groups in total. The Morgan fingerprint density at radius 3 is 1.83 bits per heavy atom. The third-order valence-electron chi connectivity index (χ3n) is 4.93. The molecule has 0 aliphatic rings. The van der Waals surface area contributed by atoms with Gasteiger partial charge in [0.05, 0.1) is 0 Å². The summed E-state index contributed by atoms with van der Waals surface area (Å²) in [4.78, 5) is 4.42. The van der Waals surface area contributed by atoms with Gasteiger partial charge in [-0.15, -0.1) is 0 Å². The molecule has 0 saturated heterocycles. The molecule has 3 aromatic rings. The molecule has 0 aromatic heterocycles. The molecule has 3 aromatic carbocycles. The van der Waals surface area contributed by atoms with E-state index in [2.05, 4.69) is 41.4 Å². The van der Waals surface area contributed by atoms with Crippen LogP contribution in [0.3, 0.4) is 0 Å². The molecule has 0 aliphatic heterocycles. The Hall–Kier alpha value is -3.31. The zero-order valence-corrected chi connectivity index (χ0v) is 16.4. The van der Waals surface area contributed by atoms with E-state index < -0.39 is 0 Å². The van der Waals surface area contributed by atoms with E-state index >= 15 is 0 Å². The highest BCUT2D eigenvalue weighted by Gasteiger charge is 2.03. The summed E-state index contributed by atoms with van der Waals surface area (Å²) in [7, 11) is 0. The first-order valence-corrected chi connectivity index (χ1v) is 9.73. The Labute approximate surface area is 171 Å². The largest absolute Gasteiger partial charge is 0.504 e. The first kappa shape index (κ1) is 20.4. The van der Waals surface area contributed by atoms with Gasteiger partial charge >= 0.3 is 0 Å². The van der Waals surface area contributed by atoms with Crippen LogP contribution in [0.5, 0.6) is 11.5 Å². The number of nitrogens with zero attached hydrogens (tertiary/aromatic N) is 1. The number of benzene rings is 3. The molecule has 0 bridgehead atoms. The summed E-state index contributed by atoms with van der Waals surface area (Å²) in [5.74, 6) is 0.256. The number of rotatable bonds is 8. The highest BCUT2D eigenvalue weighted by Crippen LogP contribution is 2.25. The molecule has 0 heterocycles. The molecule has 0 spiro atoms. The van der Waals surface area contributed by atoms with Crippen molar-refractivity contribution < 1.29 is 10.2 Å². The Kier molecular flexibility index (Phi) is 6.87. The van der Waals surface area contributed by atoms with Gasteiger partial charge in [0.25, 0.3) is 0 Å². The lowest BCUT2D eigenvalue weighted by Crippen LogP contribution is -2.14. The molecule has 0 radical (unpaired) electrons. The average molecular weight is 389 g/mol. The second-order valence-electron chi connectivity index (χ2n) is 7.06. The van der Waals surface area contributed by atoms with Gasteiger partial charge in [0.15, 0.2) is 11.5 Å². The quantitative estimate of drug-likeness (QED) is 0.269. The molecule has 0 fully saturated rings. The van der Waals surface area contributed by atoms with Crippen molar-refractivity contribution in [3.05, 3.63) is 94.5 Å². The van der Waals surface area contributed by atoms with Gasteiger partial charge in [0, 0.05) is 18.7 Å². The second-order valence-corrected chi connectivity index (χ2v) is 7.06. The monoisotopic (exact) mass is 389 g/mol. The lowest BCUT2D eigenvalue weighted by molar-refractivity contribution is 0.403. The fourth-order valence-electron chi connectivity index (χ4n) is 3.09. The van der Waals surface area contributed by atoms with Crippen LogP contribution in [-0.4, -0.2) is 22.6 Å². The SMILES string of the molecule is NCc1ccc(CCc2ccc(C(N)=NCCc3ccc(O)c(O)c3)cc2)cc1. The molecule has 150 valence electrons. The average Bonchev–Trinajstić information content (AvgIpc) is 2.75. The topological polar surface area (TPSA) is 105 Å². The van der Waals surface area contributed by atoms with Crippen LogP contribution >= 0.6 is 0 Å². The van der Waals surface area contributed by atoms with Gasteiger partial charge in [-0.3, -0.25) is 4.99 Å². The molecule has 5 heteroatoms. The fraction of sp³-hybridized carbons (Fsp3) is 0.208. The van der Waals surface area contributed by atoms with E-state index in [1.165, 1.54) is 17.2 Å². The highest BCUT2D eigenvalue weighted by atomic mass is 16.3. The summed E-state index contributed by atoms with van der Waals surface area (Å²) in [6.45, 7) is 1.08. The van der Waals surface area contributed by atoms with E-state index in [0.29, 0.717) is 25.3 Å². The summed E-state index contributed by atoms with van der Waals surface area (Å²) < 4.78 is 0. The summed E-state index contributed by atoms with van der Waals surface area (Å²) in [5, 5.41) is 18.9. The van der Waals surface area contributed by atoms with Crippen molar-refractivity contribution in [3.63, 3.8) is 0 Å². The van der Waals surface area contributed by atoms with E-state index in [1.807, 2.05) is 12.1 Å². The normalized spacial score (nSPS) is 11.6. The van der Waals surface area contributed by atoms with Crippen molar-refractivity contribution in [1.82, 2.24) is 0 Å². The van der Waals surface area contributed by atoms with Gasteiger partial charge in [-0.2, -0.15) is 0 Å². The van der Waals surface area contributed by atoms with Gasteiger partial charge in [-0.05, 0) is 53.6 Å². The van der Waals surface area contributed by atoms with Gasteiger partial charge in [-0.1, -0.05) is 54.6 Å². The number of nitrogens with two attached hydrogens (primary N) is 2. The van der Waals surface area contributed by atoms with Crippen LogP contribution in [0.4, 0.5) is 0 Å². The van der Waals surface area contributed by atoms with Crippen LogP contribution in [-0.2, 0) is 25.8 Å². The Bertz CT molecular complexity index is 964. The number of aliphatic imine (C=N–C) groups is 1. The maximum Gasteiger partial charge on any atom is 0.157 e. The molecule has 0 saturated carbocycles. The third-order valence-corrected chi connectivity index (χ3v) is 4.93. The maximum absolute atomic E-state index is 9.54. The minimum absolute atomic E-state index is 0.120. The number of aryl methyl sites for hydroxylation is 2. The summed E-state index contributed by atoms with van der Waals surface area (Å²) in [6.07, 6.45) is 2.58. The van der Waals surface area contributed by atoms with Crippen LogP contribution in [0.15, 0.2) is 71.7 Å². The molecule has 0 aliphatic carbocycles. The van der Waals surface area contributed by atoms with Crippen molar-refractivity contribution >= 4 is 5.84 Å². The van der Waals surface area contributed by atoms with Crippen LogP contribution in [0, 0.1) is 0 Å². The minimum Gasteiger partial charge on any atom is -0.504 e. The predicted octanol–water partition coefficient (Wildman–Crippen LogP) is 3.29. The molecular weight excluding hydrogens is 362 g/mol. The maximum atomic E-state index is 9.54. The lowest BCUT2D eigenvalue weighted by atomic mass is 10.0. The highest BCUT2D eigenvalue weighted by molar-refractivity contribution is 5.97. The zero-order chi connectivity index (χ0) is 20.6. The molecule has 5 nitrogen and oxygen atoms in total.